The first-order valence-corrected chi connectivity index (χ1v) is 4.98. The summed E-state index contributed by atoms with van der Waals surface area (Å²) in [5.74, 6) is 0.726. The monoisotopic (exact) mass is 216 g/mol. The van der Waals surface area contributed by atoms with Crippen molar-refractivity contribution in [2.45, 2.75) is 12.5 Å². The lowest BCUT2D eigenvalue weighted by Crippen LogP contribution is -2.04. The Kier molecular flexibility index (Phi) is 3.12. The second-order valence-corrected chi connectivity index (χ2v) is 3.48. The summed E-state index contributed by atoms with van der Waals surface area (Å²) in [7, 11) is 0. The predicted octanol–water partition coefficient (Wildman–Crippen LogP) is 1.46. The highest BCUT2D eigenvalue weighted by Crippen LogP contribution is 2.20. The Morgan fingerprint density at radius 2 is 1.88 bits per heavy atom. The molecule has 1 unspecified atom stereocenters. The first-order valence-electron chi connectivity index (χ1n) is 4.98. The Morgan fingerprint density at radius 3 is 2.56 bits per heavy atom. The molecule has 1 heterocycles. The topological polar surface area (TPSA) is 66.2 Å². The van der Waals surface area contributed by atoms with Crippen LogP contribution >= 0.6 is 0 Å². The lowest BCUT2D eigenvalue weighted by Gasteiger charge is -2.09. The average molecular weight is 216 g/mol. The molecule has 0 saturated heterocycles. The first-order chi connectivity index (χ1) is 7.75. The number of phenols is 1. The molecule has 16 heavy (non-hydrogen) atoms. The zero-order valence-corrected chi connectivity index (χ0v) is 8.61. The number of phenolic OH excluding ortho intramolecular Hbond substituents is 1. The van der Waals surface area contributed by atoms with Gasteiger partial charge in [-0.05, 0) is 23.8 Å². The highest BCUT2D eigenvalue weighted by atomic mass is 16.3. The minimum Gasteiger partial charge on any atom is -0.508 e. The van der Waals surface area contributed by atoms with Crippen LogP contribution in [0.4, 0.5) is 0 Å². The Hall–Kier alpha value is -1.94. The van der Waals surface area contributed by atoms with Gasteiger partial charge in [-0.2, -0.15) is 0 Å². The molecule has 0 fully saturated rings. The van der Waals surface area contributed by atoms with Gasteiger partial charge in [-0.1, -0.05) is 12.1 Å². The van der Waals surface area contributed by atoms with Gasteiger partial charge < -0.3 is 10.2 Å². The molecule has 2 rings (SSSR count). The SMILES string of the molecule is Oc1cccc(C(O)Cc2ncccn2)c1. The molecule has 0 spiro atoms. The molecule has 82 valence electrons. The van der Waals surface area contributed by atoms with E-state index in [2.05, 4.69) is 9.97 Å². The summed E-state index contributed by atoms with van der Waals surface area (Å²) < 4.78 is 0. The number of hydrogen-bond donors (Lipinski definition) is 2. The van der Waals surface area contributed by atoms with Gasteiger partial charge in [0.1, 0.15) is 11.6 Å². The largest absolute Gasteiger partial charge is 0.508 e. The van der Waals surface area contributed by atoms with Gasteiger partial charge in [0, 0.05) is 18.8 Å². The van der Waals surface area contributed by atoms with Gasteiger partial charge in [0.25, 0.3) is 0 Å². The van der Waals surface area contributed by atoms with Crippen LogP contribution < -0.4 is 0 Å². The van der Waals surface area contributed by atoms with Crippen molar-refractivity contribution in [1.82, 2.24) is 9.97 Å². The van der Waals surface area contributed by atoms with E-state index in [0.717, 1.165) is 0 Å². The van der Waals surface area contributed by atoms with Crippen LogP contribution in [-0.4, -0.2) is 20.2 Å². The van der Waals surface area contributed by atoms with Crippen molar-refractivity contribution in [1.29, 1.82) is 0 Å². The van der Waals surface area contributed by atoms with Crippen molar-refractivity contribution in [3.8, 4) is 5.75 Å². The van der Waals surface area contributed by atoms with Gasteiger partial charge in [0.15, 0.2) is 0 Å². The second-order valence-electron chi connectivity index (χ2n) is 3.48. The highest BCUT2D eigenvalue weighted by Gasteiger charge is 2.10. The number of nitrogens with zero attached hydrogens (tertiary/aromatic N) is 2. The number of aliphatic hydroxyl groups excluding tert-OH is 1. The quantitative estimate of drug-likeness (QED) is 0.815. The highest BCUT2D eigenvalue weighted by molar-refractivity contribution is 5.28. The summed E-state index contributed by atoms with van der Waals surface area (Å²) in [4.78, 5) is 8.07. The summed E-state index contributed by atoms with van der Waals surface area (Å²) in [5.41, 5.74) is 0.660. The molecule has 0 bridgehead atoms. The first kappa shape index (κ1) is 10.6. The Labute approximate surface area is 93.2 Å². The fourth-order valence-corrected chi connectivity index (χ4v) is 1.46. The van der Waals surface area contributed by atoms with Crippen LogP contribution in [0.25, 0.3) is 0 Å². The van der Waals surface area contributed by atoms with E-state index in [-0.39, 0.29) is 5.75 Å². The number of aliphatic hydroxyl groups is 1. The van der Waals surface area contributed by atoms with E-state index >= 15 is 0 Å². The molecule has 2 N–H and O–H groups in total. The van der Waals surface area contributed by atoms with E-state index in [0.29, 0.717) is 17.8 Å². The molecular formula is C12H12N2O2. The van der Waals surface area contributed by atoms with Crippen molar-refractivity contribution < 1.29 is 10.2 Å². The lowest BCUT2D eigenvalue weighted by molar-refractivity contribution is 0.175. The van der Waals surface area contributed by atoms with Gasteiger partial charge in [-0.15, -0.1) is 0 Å². The van der Waals surface area contributed by atoms with Gasteiger partial charge in [0.05, 0.1) is 6.10 Å². The zero-order chi connectivity index (χ0) is 11.4. The molecular weight excluding hydrogens is 204 g/mol. The average Bonchev–Trinajstić information content (AvgIpc) is 2.30. The van der Waals surface area contributed by atoms with Crippen LogP contribution in [0, 0.1) is 0 Å². The fourth-order valence-electron chi connectivity index (χ4n) is 1.46. The van der Waals surface area contributed by atoms with Gasteiger partial charge in [-0.3, -0.25) is 0 Å². The summed E-state index contributed by atoms with van der Waals surface area (Å²) in [6, 6.07) is 8.28. The van der Waals surface area contributed by atoms with E-state index in [1.807, 2.05) is 0 Å². The van der Waals surface area contributed by atoms with Crippen molar-refractivity contribution in [3.63, 3.8) is 0 Å². The van der Waals surface area contributed by atoms with Crippen molar-refractivity contribution in [2.75, 3.05) is 0 Å². The normalized spacial score (nSPS) is 12.3. The molecule has 1 aromatic heterocycles. The molecule has 0 amide bonds. The van der Waals surface area contributed by atoms with E-state index in [9.17, 15) is 10.2 Å². The maximum Gasteiger partial charge on any atom is 0.131 e. The van der Waals surface area contributed by atoms with Crippen LogP contribution in [0.15, 0.2) is 42.7 Å². The minimum atomic E-state index is -0.700. The number of benzene rings is 1. The van der Waals surface area contributed by atoms with E-state index in [1.54, 1.807) is 36.7 Å². The minimum absolute atomic E-state index is 0.144. The molecule has 4 nitrogen and oxygen atoms in total. The molecule has 0 aliphatic carbocycles. The maximum atomic E-state index is 9.91. The standard InChI is InChI=1S/C12H12N2O2/c15-10-4-1-3-9(7-10)11(16)8-12-13-5-2-6-14-12/h1-7,11,15-16H,8H2. The molecule has 1 aromatic carbocycles. The third-order valence-corrected chi connectivity index (χ3v) is 2.25. The maximum absolute atomic E-state index is 9.91. The van der Waals surface area contributed by atoms with Crippen LogP contribution in [0.5, 0.6) is 5.75 Å². The van der Waals surface area contributed by atoms with Crippen molar-refractivity contribution >= 4 is 0 Å². The summed E-state index contributed by atoms with van der Waals surface area (Å²) in [6.07, 6.45) is 2.91. The van der Waals surface area contributed by atoms with Crippen LogP contribution in [0.3, 0.4) is 0 Å². The number of aromatic nitrogens is 2. The molecule has 1 atom stereocenters. The third-order valence-electron chi connectivity index (χ3n) is 2.25. The summed E-state index contributed by atoms with van der Waals surface area (Å²) >= 11 is 0. The smallest absolute Gasteiger partial charge is 0.131 e. The van der Waals surface area contributed by atoms with Gasteiger partial charge >= 0.3 is 0 Å². The van der Waals surface area contributed by atoms with Crippen molar-refractivity contribution in [2.24, 2.45) is 0 Å². The third kappa shape index (κ3) is 2.55. The number of rotatable bonds is 3. The van der Waals surface area contributed by atoms with Crippen LogP contribution in [0.2, 0.25) is 0 Å². The van der Waals surface area contributed by atoms with E-state index in [1.165, 1.54) is 6.07 Å². The van der Waals surface area contributed by atoms with Gasteiger partial charge in [0.2, 0.25) is 0 Å². The fraction of sp³-hybridized carbons (Fsp3) is 0.167. The number of aromatic hydroxyl groups is 1. The summed E-state index contributed by atoms with van der Waals surface area (Å²) in [6.45, 7) is 0. The number of hydrogen-bond acceptors (Lipinski definition) is 4. The molecule has 0 aliphatic heterocycles. The molecule has 0 radical (unpaired) electrons. The molecule has 2 aromatic rings. The van der Waals surface area contributed by atoms with Crippen LogP contribution in [-0.2, 0) is 6.42 Å². The van der Waals surface area contributed by atoms with Crippen LogP contribution in [0.1, 0.15) is 17.5 Å². The Morgan fingerprint density at radius 1 is 1.12 bits per heavy atom. The zero-order valence-electron chi connectivity index (χ0n) is 8.61. The molecule has 0 saturated carbocycles. The van der Waals surface area contributed by atoms with E-state index in [4.69, 9.17) is 0 Å². The molecule has 4 heteroatoms. The second kappa shape index (κ2) is 4.72. The Bertz CT molecular complexity index is 460. The van der Waals surface area contributed by atoms with Crippen molar-refractivity contribution in [3.05, 3.63) is 54.1 Å². The Balaban J connectivity index is 2.12. The van der Waals surface area contributed by atoms with E-state index < -0.39 is 6.10 Å². The van der Waals surface area contributed by atoms with Gasteiger partial charge in [-0.25, -0.2) is 9.97 Å². The predicted molar refractivity (Wildman–Crippen MR) is 58.8 cm³/mol. The summed E-state index contributed by atoms with van der Waals surface area (Å²) in [5, 5.41) is 19.2. The molecule has 0 aliphatic rings. The lowest BCUT2D eigenvalue weighted by atomic mass is 10.1.